The minimum absolute atomic E-state index is 0.0323. The molecule has 2 aromatic carbocycles. The van der Waals surface area contributed by atoms with E-state index in [-0.39, 0.29) is 18.6 Å². The van der Waals surface area contributed by atoms with Crippen molar-refractivity contribution in [1.29, 1.82) is 0 Å². The largest absolute Gasteiger partial charge is 0.497 e. The number of fused-ring (bicyclic) bond motifs is 1. The van der Waals surface area contributed by atoms with Gasteiger partial charge in [-0.15, -0.1) is 0 Å². The first-order valence-corrected chi connectivity index (χ1v) is 7.38. The number of carbonyl (C=O) groups is 1. The SMILES string of the molecule is COc1ccc([C@@H](CCO)N2Cc3ccccc3C2=O)cc1. The van der Waals surface area contributed by atoms with Gasteiger partial charge in [0, 0.05) is 18.7 Å². The minimum atomic E-state index is -0.129. The van der Waals surface area contributed by atoms with Crippen LogP contribution in [0.4, 0.5) is 0 Å². The summed E-state index contributed by atoms with van der Waals surface area (Å²) in [5.41, 5.74) is 2.82. The highest BCUT2D eigenvalue weighted by atomic mass is 16.5. The number of carbonyl (C=O) groups excluding carboxylic acids is 1. The molecule has 1 aliphatic heterocycles. The van der Waals surface area contributed by atoms with E-state index in [0.29, 0.717) is 13.0 Å². The van der Waals surface area contributed by atoms with Crippen molar-refractivity contribution in [2.75, 3.05) is 13.7 Å². The van der Waals surface area contributed by atoms with Crippen molar-refractivity contribution in [2.45, 2.75) is 19.0 Å². The second-order valence-corrected chi connectivity index (χ2v) is 5.39. The number of rotatable bonds is 5. The second kappa shape index (κ2) is 6.20. The zero-order valence-electron chi connectivity index (χ0n) is 12.5. The number of benzene rings is 2. The third-order valence-corrected chi connectivity index (χ3v) is 4.13. The van der Waals surface area contributed by atoms with Crippen molar-refractivity contribution in [3.05, 3.63) is 65.2 Å². The van der Waals surface area contributed by atoms with E-state index in [2.05, 4.69) is 0 Å². The highest BCUT2D eigenvalue weighted by molar-refractivity contribution is 5.98. The average Bonchev–Trinajstić information content (AvgIpc) is 2.90. The molecule has 0 fully saturated rings. The summed E-state index contributed by atoms with van der Waals surface area (Å²) in [6.45, 7) is 0.628. The van der Waals surface area contributed by atoms with Crippen LogP contribution in [-0.4, -0.2) is 29.6 Å². The second-order valence-electron chi connectivity index (χ2n) is 5.39. The zero-order valence-corrected chi connectivity index (χ0v) is 12.5. The van der Waals surface area contributed by atoms with Gasteiger partial charge in [-0.05, 0) is 35.7 Å². The molecule has 0 unspecified atom stereocenters. The van der Waals surface area contributed by atoms with Crippen molar-refractivity contribution < 1.29 is 14.6 Å². The lowest BCUT2D eigenvalue weighted by Crippen LogP contribution is -2.29. The summed E-state index contributed by atoms with van der Waals surface area (Å²) in [5, 5.41) is 9.40. The van der Waals surface area contributed by atoms with E-state index < -0.39 is 0 Å². The molecule has 0 radical (unpaired) electrons. The van der Waals surface area contributed by atoms with Gasteiger partial charge in [-0.3, -0.25) is 4.79 Å². The molecule has 0 bridgehead atoms. The van der Waals surface area contributed by atoms with Gasteiger partial charge in [-0.25, -0.2) is 0 Å². The maximum atomic E-state index is 12.6. The van der Waals surface area contributed by atoms with Gasteiger partial charge < -0.3 is 14.7 Å². The molecule has 114 valence electrons. The van der Waals surface area contributed by atoms with Gasteiger partial charge in [-0.1, -0.05) is 30.3 Å². The van der Waals surface area contributed by atoms with E-state index in [1.54, 1.807) is 7.11 Å². The van der Waals surface area contributed by atoms with Crippen LogP contribution in [0.5, 0.6) is 5.75 Å². The molecule has 4 nitrogen and oxygen atoms in total. The summed E-state index contributed by atoms with van der Waals surface area (Å²) in [6.07, 6.45) is 0.520. The Hall–Kier alpha value is -2.33. The Morgan fingerprint density at radius 2 is 1.91 bits per heavy atom. The molecule has 1 N–H and O–H groups in total. The fourth-order valence-corrected chi connectivity index (χ4v) is 2.98. The molecule has 1 heterocycles. The van der Waals surface area contributed by atoms with E-state index in [1.807, 2.05) is 53.4 Å². The van der Waals surface area contributed by atoms with Crippen molar-refractivity contribution in [3.8, 4) is 5.75 Å². The zero-order chi connectivity index (χ0) is 15.5. The van der Waals surface area contributed by atoms with Crippen LogP contribution in [-0.2, 0) is 6.54 Å². The van der Waals surface area contributed by atoms with Crippen LogP contribution < -0.4 is 4.74 Å². The molecule has 0 saturated carbocycles. The summed E-state index contributed by atoms with van der Waals surface area (Å²) >= 11 is 0. The summed E-state index contributed by atoms with van der Waals surface area (Å²) in [7, 11) is 1.63. The number of hydrogen-bond donors (Lipinski definition) is 1. The van der Waals surface area contributed by atoms with Gasteiger partial charge in [0.15, 0.2) is 0 Å². The van der Waals surface area contributed by atoms with Crippen molar-refractivity contribution in [2.24, 2.45) is 0 Å². The van der Waals surface area contributed by atoms with Crippen molar-refractivity contribution in [1.82, 2.24) is 4.90 Å². The third kappa shape index (κ3) is 2.57. The normalized spacial score (nSPS) is 14.8. The Kier molecular flexibility index (Phi) is 4.11. The fourth-order valence-electron chi connectivity index (χ4n) is 2.98. The monoisotopic (exact) mass is 297 g/mol. The summed E-state index contributed by atoms with van der Waals surface area (Å²) in [6, 6.07) is 15.2. The Labute approximate surface area is 130 Å². The number of nitrogens with zero attached hydrogens (tertiary/aromatic N) is 1. The van der Waals surface area contributed by atoms with E-state index >= 15 is 0 Å². The Morgan fingerprint density at radius 3 is 2.55 bits per heavy atom. The Balaban J connectivity index is 1.90. The molecule has 4 heteroatoms. The first-order chi connectivity index (χ1) is 10.7. The molecule has 1 atom stereocenters. The van der Waals surface area contributed by atoms with Crippen LogP contribution in [0.3, 0.4) is 0 Å². The number of ether oxygens (including phenoxy) is 1. The topological polar surface area (TPSA) is 49.8 Å². The number of aliphatic hydroxyl groups is 1. The number of aliphatic hydroxyl groups excluding tert-OH is 1. The maximum absolute atomic E-state index is 12.6. The molecule has 0 aromatic heterocycles. The first-order valence-electron chi connectivity index (χ1n) is 7.38. The predicted molar refractivity (Wildman–Crippen MR) is 83.8 cm³/mol. The van der Waals surface area contributed by atoms with Crippen LogP contribution in [0.15, 0.2) is 48.5 Å². The van der Waals surface area contributed by atoms with E-state index in [9.17, 15) is 9.90 Å². The van der Waals surface area contributed by atoms with Crippen LogP contribution in [0.2, 0.25) is 0 Å². The third-order valence-electron chi connectivity index (χ3n) is 4.13. The van der Waals surface area contributed by atoms with E-state index in [1.165, 1.54) is 0 Å². The van der Waals surface area contributed by atoms with Crippen LogP contribution in [0, 0.1) is 0 Å². The lowest BCUT2D eigenvalue weighted by Gasteiger charge is -2.28. The van der Waals surface area contributed by atoms with Gasteiger partial charge in [0.05, 0.1) is 13.2 Å². The smallest absolute Gasteiger partial charge is 0.255 e. The highest BCUT2D eigenvalue weighted by Crippen LogP contribution is 2.33. The molecular weight excluding hydrogens is 278 g/mol. The molecule has 0 saturated heterocycles. The summed E-state index contributed by atoms with van der Waals surface area (Å²) in [4.78, 5) is 14.5. The minimum Gasteiger partial charge on any atom is -0.497 e. The molecule has 1 aliphatic rings. The van der Waals surface area contributed by atoms with Crippen LogP contribution in [0.25, 0.3) is 0 Å². The van der Waals surface area contributed by atoms with Gasteiger partial charge in [-0.2, -0.15) is 0 Å². The molecule has 2 aromatic rings. The van der Waals surface area contributed by atoms with Crippen molar-refractivity contribution in [3.63, 3.8) is 0 Å². The first kappa shape index (κ1) is 14.6. The summed E-state index contributed by atoms with van der Waals surface area (Å²) < 4.78 is 5.18. The lowest BCUT2D eigenvalue weighted by molar-refractivity contribution is 0.0671. The van der Waals surface area contributed by atoms with Gasteiger partial charge in [0.2, 0.25) is 0 Å². The number of methoxy groups -OCH3 is 1. The molecule has 0 spiro atoms. The predicted octanol–water partition coefficient (Wildman–Crippen LogP) is 2.77. The van der Waals surface area contributed by atoms with Crippen molar-refractivity contribution >= 4 is 5.91 Å². The maximum Gasteiger partial charge on any atom is 0.255 e. The number of amides is 1. The molecule has 1 amide bonds. The Morgan fingerprint density at radius 1 is 1.18 bits per heavy atom. The van der Waals surface area contributed by atoms with E-state index in [0.717, 1.165) is 22.4 Å². The molecule has 0 aliphatic carbocycles. The van der Waals surface area contributed by atoms with E-state index in [4.69, 9.17) is 4.74 Å². The van der Waals surface area contributed by atoms with Crippen LogP contribution >= 0.6 is 0 Å². The average molecular weight is 297 g/mol. The van der Waals surface area contributed by atoms with Crippen LogP contribution in [0.1, 0.15) is 33.9 Å². The highest BCUT2D eigenvalue weighted by Gasteiger charge is 2.32. The molecular formula is C18H19NO3. The summed E-state index contributed by atoms with van der Waals surface area (Å²) in [5.74, 6) is 0.812. The van der Waals surface area contributed by atoms with Gasteiger partial charge >= 0.3 is 0 Å². The molecule has 3 rings (SSSR count). The standard InChI is InChI=1S/C18H19NO3/c1-22-15-8-6-13(7-9-15)17(10-11-20)19-12-14-4-2-3-5-16(14)18(19)21/h2-9,17,20H,10-12H2,1H3/t17-/m1/s1. The molecule has 22 heavy (non-hydrogen) atoms. The van der Waals surface area contributed by atoms with Gasteiger partial charge in [0.1, 0.15) is 5.75 Å². The lowest BCUT2D eigenvalue weighted by atomic mass is 10.0. The Bertz CT molecular complexity index is 666. The fraction of sp³-hybridized carbons (Fsp3) is 0.278. The number of hydrogen-bond acceptors (Lipinski definition) is 3. The van der Waals surface area contributed by atoms with Gasteiger partial charge in [0.25, 0.3) is 5.91 Å². The quantitative estimate of drug-likeness (QED) is 0.923.